The summed E-state index contributed by atoms with van der Waals surface area (Å²) in [5.41, 5.74) is 5.04. The van der Waals surface area contributed by atoms with Crippen molar-refractivity contribution in [2.45, 2.75) is 19.4 Å². The molecule has 0 spiro atoms. The van der Waals surface area contributed by atoms with Crippen molar-refractivity contribution in [2.75, 3.05) is 62.9 Å². The number of nitrogens with one attached hydrogen (secondary N) is 2. The summed E-state index contributed by atoms with van der Waals surface area (Å²) in [5, 5.41) is 6.06. The minimum Gasteiger partial charge on any atom is -0.454 e. The second kappa shape index (κ2) is 12.0. The van der Waals surface area contributed by atoms with Gasteiger partial charge in [0.25, 0.3) is 11.8 Å². The van der Waals surface area contributed by atoms with Crippen molar-refractivity contribution in [3.8, 4) is 11.5 Å². The lowest BCUT2D eigenvalue weighted by Gasteiger charge is -2.32. The average molecular weight is 543 g/mol. The second-order valence-electron chi connectivity index (χ2n) is 10.3. The third-order valence-corrected chi connectivity index (χ3v) is 7.65. The van der Waals surface area contributed by atoms with Gasteiger partial charge in [-0.05, 0) is 66.9 Å². The maximum Gasteiger partial charge on any atom is 0.255 e. The number of anilines is 2. The second-order valence-corrected chi connectivity index (χ2v) is 10.3. The van der Waals surface area contributed by atoms with E-state index in [1.165, 1.54) is 11.1 Å². The van der Waals surface area contributed by atoms with E-state index in [0.29, 0.717) is 34.9 Å². The first-order valence-electron chi connectivity index (χ1n) is 13.9. The predicted octanol–water partition coefficient (Wildman–Crippen LogP) is 3.68. The van der Waals surface area contributed by atoms with Crippen LogP contribution in [0.1, 0.15) is 38.3 Å². The van der Waals surface area contributed by atoms with E-state index in [2.05, 4.69) is 44.7 Å². The number of fused-ring (bicyclic) bond motifs is 2. The molecule has 3 aliphatic heterocycles. The number of carbonyl (C=O) groups is 2. The van der Waals surface area contributed by atoms with Crippen LogP contribution in [0.2, 0.25) is 0 Å². The molecule has 0 aromatic heterocycles. The first kappa shape index (κ1) is 26.2. The van der Waals surface area contributed by atoms with Crippen LogP contribution < -0.4 is 25.0 Å². The molecule has 2 amide bonds. The summed E-state index contributed by atoms with van der Waals surface area (Å²) >= 11 is 0. The SMILES string of the molecule is O=C(Nc1ccc(N2CCc3ccccc3C2)c(C(=O)NCCCN2CCOCC2)c1)c1ccc2c(c1)OCO2. The van der Waals surface area contributed by atoms with Gasteiger partial charge in [-0.2, -0.15) is 0 Å². The van der Waals surface area contributed by atoms with Crippen molar-refractivity contribution in [3.63, 3.8) is 0 Å². The number of nitrogens with zero attached hydrogens (tertiary/aromatic N) is 2. The van der Waals surface area contributed by atoms with Gasteiger partial charge in [-0.1, -0.05) is 24.3 Å². The molecule has 3 aromatic carbocycles. The molecule has 3 aromatic rings. The standard InChI is InChI=1S/C31H34N4O5/c36-30(23-6-9-28-29(18-23)40-21-39-28)33-25-7-8-27(35-13-10-22-4-1-2-5-24(22)20-35)26(19-25)31(37)32-11-3-12-34-14-16-38-17-15-34/h1-2,4-9,18-19H,3,10-17,20-21H2,(H,32,37)(H,33,36). The van der Waals surface area contributed by atoms with E-state index < -0.39 is 0 Å². The Morgan fingerprint density at radius 1 is 0.850 bits per heavy atom. The number of carbonyl (C=O) groups excluding carboxylic acids is 2. The van der Waals surface area contributed by atoms with E-state index in [1.54, 1.807) is 24.3 Å². The molecule has 0 radical (unpaired) electrons. The molecule has 2 N–H and O–H groups in total. The molecule has 0 bridgehead atoms. The molecule has 208 valence electrons. The Kier molecular flexibility index (Phi) is 7.83. The highest BCUT2D eigenvalue weighted by Gasteiger charge is 2.23. The van der Waals surface area contributed by atoms with Crippen molar-refractivity contribution in [3.05, 3.63) is 82.9 Å². The zero-order valence-electron chi connectivity index (χ0n) is 22.5. The summed E-state index contributed by atoms with van der Waals surface area (Å²) in [4.78, 5) is 31.2. The fourth-order valence-corrected chi connectivity index (χ4v) is 5.44. The van der Waals surface area contributed by atoms with Crippen LogP contribution in [0, 0.1) is 0 Å². The topological polar surface area (TPSA) is 92.4 Å². The van der Waals surface area contributed by atoms with Gasteiger partial charge in [-0.3, -0.25) is 14.5 Å². The third kappa shape index (κ3) is 5.90. The number of rotatable bonds is 8. The summed E-state index contributed by atoms with van der Waals surface area (Å²) in [5.74, 6) is 0.743. The molecule has 1 saturated heterocycles. The highest BCUT2D eigenvalue weighted by Crippen LogP contribution is 2.33. The number of amides is 2. The molecule has 0 atom stereocenters. The zero-order chi connectivity index (χ0) is 27.3. The van der Waals surface area contributed by atoms with Gasteiger partial charge < -0.3 is 29.7 Å². The van der Waals surface area contributed by atoms with E-state index in [-0.39, 0.29) is 18.6 Å². The minimum absolute atomic E-state index is 0.144. The lowest BCUT2D eigenvalue weighted by atomic mass is 9.98. The first-order valence-corrected chi connectivity index (χ1v) is 13.9. The molecule has 0 aliphatic carbocycles. The lowest BCUT2D eigenvalue weighted by molar-refractivity contribution is 0.0374. The van der Waals surface area contributed by atoms with Crippen LogP contribution in [0.4, 0.5) is 11.4 Å². The van der Waals surface area contributed by atoms with Crippen LogP contribution in [-0.2, 0) is 17.7 Å². The molecular formula is C31H34N4O5. The molecule has 6 rings (SSSR count). The molecular weight excluding hydrogens is 508 g/mol. The summed E-state index contributed by atoms with van der Waals surface area (Å²) in [7, 11) is 0. The monoisotopic (exact) mass is 542 g/mol. The predicted molar refractivity (Wildman–Crippen MR) is 152 cm³/mol. The van der Waals surface area contributed by atoms with Crippen LogP contribution in [-0.4, -0.2) is 69.4 Å². The molecule has 0 unspecified atom stereocenters. The molecule has 40 heavy (non-hydrogen) atoms. The minimum atomic E-state index is -0.283. The number of ether oxygens (including phenoxy) is 3. The van der Waals surface area contributed by atoms with Crippen molar-refractivity contribution in [2.24, 2.45) is 0 Å². The van der Waals surface area contributed by atoms with Crippen molar-refractivity contribution >= 4 is 23.2 Å². The van der Waals surface area contributed by atoms with Crippen LogP contribution >= 0.6 is 0 Å². The quantitative estimate of drug-likeness (QED) is 0.420. The van der Waals surface area contributed by atoms with Gasteiger partial charge in [0.15, 0.2) is 11.5 Å². The summed E-state index contributed by atoms with van der Waals surface area (Å²) < 4.78 is 16.2. The van der Waals surface area contributed by atoms with Crippen LogP contribution in [0.3, 0.4) is 0 Å². The van der Waals surface area contributed by atoms with Gasteiger partial charge in [0.1, 0.15) is 0 Å². The smallest absolute Gasteiger partial charge is 0.255 e. The number of hydrogen-bond donors (Lipinski definition) is 2. The maximum atomic E-state index is 13.5. The Bertz CT molecular complexity index is 1390. The van der Waals surface area contributed by atoms with Crippen molar-refractivity contribution in [1.82, 2.24) is 10.2 Å². The Labute approximate surface area is 234 Å². The fourth-order valence-electron chi connectivity index (χ4n) is 5.44. The van der Waals surface area contributed by atoms with Gasteiger partial charge >= 0.3 is 0 Å². The van der Waals surface area contributed by atoms with E-state index in [4.69, 9.17) is 14.2 Å². The molecule has 3 heterocycles. The Balaban J connectivity index is 1.19. The van der Waals surface area contributed by atoms with E-state index in [9.17, 15) is 9.59 Å². The maximum absolute atomic E-state index is 13.5. The number of benzene rings is 3. The largest absolute Gasteiger partial charge is 0.454 e. The first-order chi connectivity index (χ1) is 19.6. The lowest BCUT2D eigenvalue weighted by Crippen LogP contribution is -2.38. The van der Waals surface area contributed by atoms with E-state index in [0.717, 1.165) is 64.5 Å². The Morgan fingerprint density at radius 3 is 2.55 bits per heavy atom. The highest BCUT2D eigenvalue weighted by atomic mass is 16.7. The molecule has 0 saturated carbocycles. The fraction of sp³-hybridized carbons (Fsp3) is 0.355. The molecule has 9 heteroatoms. The summed E-state index contributed by atoms with van der Waals surface area (Å²) in [6.07, 6.45) is 1.78. The average Bonchev–Trinajstić information content (AvgIpc) is 3.48. The van der Waals surface area contributed by atoms with Crippen LogP contribution in [0.5, 0.6) is 11.5 Å². The van der Waals surface area contributed by atoms with E-state index in [1.807, 2.05) is 12.1 Å². The van der Waals surface area contributed by atoms with Gasteiger partial charge in [0, 0.05) is 49.7 Å². The van der Waals surface area contributed by atoms with Gasteiger partial charge in [-0.15, -0.1) is 0 Å². The Hall–Kier alpha value is -4.08. The molecule has 3 aliphatic rings. The third-order valence-electron chi connectivity index (χ3n) is 7.65. The molecule has 1 fully saturated rings. The van der Waals surface area contributed by atoms with Crippen LogP contribution in [0.25, 0.3) is 0 Å². The zero-order valence-corrected chi connectivity index (χ0v) is 22.5. The van der Waals surface area contributed by atoms with Crippen molar-refractivity contribution in [1.29, 1.82) is 0 Å². The van der Waals surface area contributed by atoms with Gasteiger partial charge in [0.2, 0.25) is 6.79 Å². The van der Waals surface area contributed by atoms with Gasteiger partial charge in [0.05, 0.1) is 18.8 Å². The number of hydrogen-bond acceptors (Lipinski definition) is 7. The molecule has 9 nitrogen and oxygen atoms in total. The van der Waals surface area contributed by atoms with E-state index >= 15 is 0 Å². The normalized spacial score (nSPS) is 16.4. The van der Waals surface area contributed by atoms with Gasteiger partial charge in [-0.25, -0.2) is 0 Å². The number of morpholine rings is 1. The highest BCUT2D eigenvalue weighted by molar-refractivity contribution is 6.06. The summed E-state index contributed by atoms with van der Waals surface area (Å²) in [6, 6.07) is 19.1. The van der Waals surface area contributed by atoms with Crippen LogP contribution in [0.15, 0.2) is 60.7 Å². The Morgan fingerprint density at radius 2 is 1.68 bits per heavy atom. The van der Waals surface area contributed by atoms with Crippen molar-refractivity contribution < 1.29 is 23.8 Å². The summed E-state index contributed by atoms with van der Waals surface area (Å²) in [6.45, 7) is 6.58.